The highest BCUT2D eigenvalue weighted by molar-refractivity contribution is 7.99. The molecule has 0 atom stereocenters. The van der Waals surface area contributed by atoms with Gasteiger partial charge in [0, 0.05) is 5.25 Å². The maximum Gasteiger partial charge on any atom is 0.169 e. The van der Waals surface area contributed by atoms with Gasteiger partial charge in [0.1, 0.15) is 5.76 Å². The quantitative estimate of drug-likeness (QED) is 0.640. The van der Waals surface area contributed by atoms with E-state index in [4.69, 9.17) is 4.42 Å². The van der Waals surface area contributed by atoms with Crippen molar-refractivity contribution in [3.63, 3.8) is 0 Å². The monoisotopic (exact) mass is 298 g/mol. The second kappa shape index (κ2) is 6.22. The molecule has 0 amide bonds. The predicted molar refractivity (Wildman–Crippen MR) is 86.5 cm³/mol. The second-order valence-electron chi connectivity index (χ2n) is 5.12. The number of nitrogens with zero attached hydrogens (tertiary/aromatic N) is 2. The van der Waals surface area contributed by atoms with Gasteiger partial charge in [0.2, 0.25) is 0 Å². The van der Waals surface area contributed by atoms with Crippen LogP contribution >= 0.6 is 11.8 Å². The van der Waals surface area contributed by atoms with Crippen LogP contribution in [0.2, 0.25) is 0 Å². The summed E-state index contributed by atoms with van der Waals surface area (Å²) in [6.07, 6.45) is 3.66. The van der Waals surface area contributed by atoms with Crippen molar-refractivity contribution < 1.29 is 4.42 Å². The normalized spacial score (nSPS) is 11.2. The van der Waals surface area contributed by atoms with E-state index in [2.05, 4.69) is 47.7 Å². The van der Waals surface area contributed by atoms with E-state index in [1.54, 1.807) is 18.0 Å². The van der Waals surface area contributed by atoms with E-state index in [1.165, 1.54) is 5.56 Å². The molecular formula is C17H18N2OS. The van der Waals surface area contributed by atoms with Gasteiger partial charge >= 0.3 is 0 Å². The van der Waals surface area contributed by atoms with E-state index in [9.17, 15) is 0 Å². The number of benzene rings is 1. The van der Waals surface area contributed by atoms with E-state index in [0.29, 0.717) is 11.8 Å². The van der Waals surface area contributed by atoms with Crippen LogP contribution in [0.3, 0.4) is 0 Å². The molecule has 0 bridgehead atoms. The van der Waals surface area contributed by atoms with Crippen LogP contribution in [-0.4, -0.2) is 14.8 Å². The van der Waals surface area contributed by atoms with Crippen LogP contribution in [0.1, 0.15) is 19.6 Å². The summed E-state index contributed by atoms with van der Waals surface area (Å²) >= 11 is 1.77. The molecule has 2 aromatic heterocycles. The van der Waals surface area contributed by atoms with Crippen LogP contribution in [0.25, 0.3) is 11.3 Å². The topological polar surface area (TPSA) is 31.0 Å². The molecule has 0 fully saturated rings. The van der Waals surface area contributed by atoms with Gasteiger partial charge in [-0.3, -0.25) is 0 Å². The summed E-state index contributed by atoms with van der Waals surface area (Å²) in [5.74, 6) is 0.941. The van der Waals surface area contributed by atoms with E-state index in [1.807, 2.05) is 24.4 Å². The van der Waals surface area contributed by atoms with Crippen LogP contribution < -0.4 is 0 Å². The van der Waals surface area contributed by atoms with Gasteiger partial charge in [-0.15, -0.1) is 0 Å². The van der Waals surface area contributed by atoms with Crippen molar-refractivity contribution in [1.82, 2.24) is 9.55 Å². The standard InChI is InChI=1S/C17H18N2OS/c1-13(2)21-17-18-11-16(14-7-4-3-5-8-14)19(17)12-15-9-6-10-20-15/h3-11,13H,12H2,1-2H3. The molecule has 1 aromatic carbocycles. The summed E-state index contributed by atoms with van der Waals surface area (Å²) in [5.41, 5.74) is 2.29. The number of thioether (sulfide) groups is 1. The minimum Gasteiger partial charge on any atom is -0.467 e. The fourth-order valence-electron chi connectivity index (χ4n) is 2.21. The molecule has 0 N–H and O–H groups in total. The number of aromatic nitrogens is 2. The van der Waals surface area contributed by atoms with Gasteiger partial charge in [-0.1, -0.05) is 55.9 Å². The Morgan fingerprint density at radius 2 is 1.95 bits per heavy atom. The summed E-state index contributed by atoms with van der Waals surface area (Å²) < 4.78 is 7.72. The molecule has 3 aromatic rings. The van der Waals surface area contributed by atoms with Crippen molar-refractivity contribution in [2.75, 3.05) is 0 Å². The molecule has 0 unspecified atom stereocenters. The highest BCUT2D eigenvalue weighted by Gasteiger charge is 2.14. The van der Waals surface area contributed by atoms with Crippen LogP contribution in [0.15, 0.2) is 64.5 Å². The van der Waals surface area contributed by atoms with Gasteiger partial charge in [0.25, 0.3) is 0 Å². The fraction of sp³-hybridized carbons (Fsp3) is 0.235. The third-order valence-electron chi connectivity index (χ3n) is 3.12. The Morgan fingerprint density at radius 3 is 2.62 bits per heavy atom. The lowest BCUT2D eigenvalue weighted by Crippen LogP contribution is -2.04. The first kappa shape index (κ1) is 14.0. The van der Waals surface area contributed by atoms with Crippen molar-refractivity contribution in [2.45, 2.75) is 30.8 Å². The maximum atomic E-state index is 5.50. The highest BCUT2D eigenvalue weighted by Crippen LogP contribution is 2.29. The molecule has 4 heteroatoms. The zero-order chi connectivity index (χ0) is 14.7. The van der Waals surface area contributed by atoms with Crippen LogP contribution in [0, 0.1) is 0 Å². The van der Waals surface area contributed by atoms with Crippen molar-refractivity contribution in [1.29, 1.82) is 0 Å². The lowest BCUT2D eigenvalue weighted by Gasteiger charge is -2.11. The molecule has 3 nitrogen and oxygen atoms in total. The summed E-state index contributed by atoms with van der Waals surface area (Å²) in [5, 5.41) is 1.52. The van der Waals surface area contributed by atoms with Crippen molar-refractivity contribution in [2.24, 2.45) is 0 Å². The van der Waals surface area contributed by atoms with Crippen molar-refractivity contribution in [3.05, 3.63) is 60.7 Å². The van der Waals surface area contributed by atoms with Crippen molar-refractivity contribution >= 4 is 11.8 Å². The SMILES string of the molecule is CC(C)Sc1ncc(-c2ccccc2)n1Cc1ccco1. The Kier molecular flexibility index (Phi) is 4.15. The Balaban J connectivity index is 2.01. The predicted octanol–water partition coefficient (Wildman–Crippen LogP) is 4.69. The fourth-order valence-corrected chi connectivity index (χ4v) is 3.04. The molecule has 3 rings (SSSR count). The van der Waals surface area contributed by atoms with E-state index in [0.717, 1.165) is 16.6 Å². The van der Waals surface area contributed by atoms with E-state index in [-0.39, 0.29) is 0 Å². The Hall–Kier alpha value is -1.94. The number of imidazole rings is 1. The zero-order valence-electron chi connectivity index (χ0n) is 12.2. The Bertz CT molecular complexity index is 687. The van der Waals surface area contributed by atoms with Gasteiger partial charge in [0.05, 0.1) is 24.7 Å². The molecule has 2 heterocycles. The van der Waals surface area contributed by atoms with E-state index < -0.39 is 0 Å². The summed E-state index contributed by atoms with van der Waals surface area (Å²) in [6.45, 7) is 5.06. The largest absolute Gasteiger partial charge is 0.467 e. The minimum atomic E-state index is 0.492. The third kappa shape index (κ3) is 3.22. The Labute approximate surface area is 129 Å². The Morgan fingerprint density at radius 1 is 1.14 bits per heavy atom. The van der Waals surface area contributed by atoms with Crippen molar-refractivity contribution in [3.8, 4) is 11.3 Å². The molecular weight excluding hydrogens is 280 g/mol. The number of furan rings is 1. The molecule has 0 saturated carbocycles. The third-order valence-corrected chi connectivity index (χ3v) is 4.13. The van der Waals surface area contributed by atoms with Crippen LogP contribution in [0.5, 0.6) is 0 Å². The summed E-state index contributed by atoms with van der Waals surface area (Å²) in [6, 6.07) is 14.3. The summed E-state index contributed by atoms with van der Waals surface area (Å²) in [7, 11) is 0. The number of hydrogen-bond donors (Lipinski definition) is 0. The van der Waals surface area contributed by atoms with E-state index >= 15 is 0 Å². The van der Waals surface area contributed by atoms with Gasteiger partial charge in [0.15, 0.2) is 5.16 Å². The second-order valence-corrected chi connectivity index (χ2v) is 6.67. The lowest BCUT2D eigenvalue weighted by atomic mass is 10.2. The van der Waals surface area contributed by atoms with Gasteiger partial charge in [-0.25, -0.2) is 4.98 Å². The first-order valence-electron chi connectivity index (χ1n) is 7.04. The van der Waals surface area contributed by atoms with Gasteiger partial charge in [-0.05, 0) is 17.7 Å². The molecule has 0 spiro atoms. The van der Waals surface area contributed by atoms with Crippen LogP contribution in [-0.2, 0) is 6.54 Å². The molecule has 0 aliphatic heterocycles. The summed E-state index contributed by atoms with van der Waals surface area (Å²) in [4.78, 5) is 4.60. The average Bonchev–Trinajstić information content (AvgIpc) is 3.11. The smallest absolute Gasteiger partial charge is 0.169 e. The zero-order valence-corrected chi connectivity index (χ0v) is 13.0. The van der Waals surface area contributed by atoms with Gasteiger partial charge in [-0.2, -0.15) is 0 Å². The maximum absolute atomic E-state index is 5.50. The lowest BCUT2D eigenvalue weighted by molar-refractivity contribution is 0.485. The first-order valence-corrected chi connectivity index (χ1v) is 7.92. The van der Waals surface area contributed by atoms with Gasteiger partial charge < -0.3 is 8.98 Å². The molecule has 0 radical (unpaired) electrons. The molecule has 0 aliphatic carbocycles. The average molecular weight is 298 g/mol. The number of rotatable bonds is 5. The molecule has 0 aliphatic rings. The first-order chi connectivity index (χ1) is 10.2. The molecule has 21 heavy (non-hydrogen) atoms. The van der Waals surface area contributed by atoms with Crippen LogP contribution in [0.4, 0.5) is 0 Å². The molecule has 0 saturated heterocycles. The minimum absolute atomic E-state index is 0.492. The molecule has 108 valence electrons. The highest BCUT2D eigenvalue weighted by atomic mass is 32.2. The number of hydrogen-bond acceptors (Lipinski definition) is 3.